The van der Waals surface area contributed by atoms with Crippen LogP contribution in [0.15, 0.2) is 18.3 Å². The number of halogens is 1. The van der Waals surface area contributed by atoms with Gasteiger partial charge in [-0.1, -0.05) is 0 Å². The van der Waals surface area contributed by atoms with Crippen molar-refractivity contribution in [2.45, 2.75) is 25.9 Å². The van der Waals surface area contributed by atoms with Gasteiger partial charge >= 0.3 is 0 Å². The van der Waals surface area contributed by atoms with Gasteiger partial charge in [0.25, 0.3) is 0 Å². The van der Waals surface area contributed by atoms with Crippen LogP contribution in [0.3, 0.4) is 0 Å². The van der Waals surface area contributed by atoms with Crippen LogP contribution < -0.4 is 0 Å². The van der Waals surface area contributed by atoms with Gasteiger partial charge in [0.15, 0.2) is 5.78 Å². The number of Topliss-reactive ketones (excluding diaryl/α,β-unsaturated/α-hetero) is 1. The second-order valence-electron chi connectivity index (χ2n) is 4.87. The minimum absolute atomic E-state index is 0.0437. The Labute approximate surface area is 112 Å². The molecule has 104 valence electrons. The lowest BCUT2D eigenvalue weighted by Gasteiger charge is -2.21. The van der Waals surface area contributed by atoms with Gasteiger partial charge in [-0.2, -0.15) is 0 Å². The van der Waals surface area contributed by atoms with E-state index in [0.717, 1.165) is 32.3 Å². The molecule has 1 aromatic heterocycles. The lowest BCUT2D eigenvalue weighted by Crippen LogP contribution is -2.32. The maximum atomic E-state index is 12.7. The van der Waals surface area contributed by atoms with Crippen molar-refractivity contribution < 1.29 is 13.9 Å². The summed E-state index contributed by atoms with van der Waals surface area (Å²) in [5.74, 6) is -0.465. The molecule has 1 atom stereocenters. The monoisotopic (exact) mass is 266 g/mol. The molecule has 5 heteroatoms. The van der Waals surface area contributed by atoms with E-state index in [-0.39, 0.29) is 11.9 Å². The highest BCUT2D eigenvalue weighted by atomic mass is 19.1. The zero-order valence-electron chi connectivity index (χ0n) is 11.1. The third-order valence-electron chi connectivity index (χ3n) is 3.20. The van der Waals surface area contributed by atoms with E-state index in [1.807, 2.05) is 6.92 Å². The molecule has 1 saturated heterocycles. The molecule has 1 aliphatic heterocycles. The van der Waals surface area contributed by atoms with Gasteiger partial charge in [0.2, 0.25) is 0 Å². The van der Waals surface area contributed by atoms with Crippen LogP contribution >= 0.6 is 0 Å². The molecular formula is C14H19FN2O2. The summed E-state index contributed by atoms with van der Waals surface area (Å²) in [6, 6.07) is 2.70. The molecule has 2 rings (SSSR count). The summed E-state index contributed by atoms with van der Waals surface area (Å²) in [5, 5.41) is 0. The largest absolute Gasteiger partial charge is 0.377 e. The van der Waals surface area contributed by atoms with Gasteiger partial charge in [0.1, 0.15) is 11.5 Å². The number of hydrogen-bond donors (Lipinski definition) is 0. The van der Waals surface area contributed by atoms with E-state index < -0.39 is 5.82 Å². The maximum Gasteiger partial charge on any atom is 0.182 e. The predicted molar refractivity (Wildman–Crippen MR) is 69.6 cm³/mol. The Hall–Kier alpha value is -1.33. The third kappa shape index (κ3) is 4.36. The Balaban J connectivity index is 1.84. The van der Waals surface area contributed by atoms with Crippen molar-refractivity contribution >= 4 is 5.78 Å². The topological polar surface area (TPSA) is 42.4 Å². The van der Waals surface area contributed by atoms with Crippen LogP contribution in [-0.2, 0) is 4.74 Å². The molecule has 1 aliphatic rings. The summed E-state index contributed by atoms with van der Waals surface area (Å²) in [7, 11) is 0. The summed E-state index contributed by atoms with van der Waals surface area (Å²) in [4.78, 5) is 18.0. The quantitative estimate of drug-likeness (QED) is 0.781. The lowest BCUT2D eigenvalue weighted by atomic mass is 10.2. The molecule has 0 bridgehead atoms. The number of pyridine rings is 1. The van der Waals surface area contributed by atoms with Crippen LogP contribution in [0.5, 0.6) is 0 Å². The van der Waals surface area contributed by atoms with Gasteiger partial charge in [0, 0.05) is 32.7 Å². The van der Waals surface area contributed by atoms with Crippen molar-refractivity contribution in [3.63, 3.8) is 0 Å². The summed E-state index contributed by atoms with van der Waals surface area (Å²) in [5.41, 5.74) is 0.334. The Morgan fingerprint density at radius 2 is 2.42 bits per heavy atom. The number of hydrogen-bond acceptors (Lipinski definition) is 4. The smallest absolute Gasteiger partial charge is 0.182 e. The Bertz CT molecular complexity index is 422. The minimum Gasteiger partial charge on any atom is -0.377 e. The molecule has 0 amide bonds. The summed E-state index contributed by atoms with van der Waals surface area (Å²) in [6.07, 6.45) is 2.69. The Morgan fingerprint density at radius 3 is 3.16 bits per heavy atom. The predicted octanol–water partition coefficient (Wildman–Crippen LogP) is 1.90. The zero-order chi connectivity index (χ0) is 13.7. The van der Waals surface area contributed by atoms with Crippen molar-refractivity contribution in [3.05, 3.63) is 29.8 Å². The van der Waals surface area contributed by atoms with E-state index >= 15 is 0 Å². The first-order chi connectivity index (χ1) is 9.15. The fourth-order valence-corrected chi connectivity index (χ4v) is 2.21. The molecule has 2 heterocycles. The van der Waals surface area contributed by atoms with Crippen molar-refractivity contribution in [3.8, 4) is 0 Å². The number of ketones is 1. The molecule has 0 spiro atoms. The molecular weight excluding hydrogens is 247 g/mol. The molecule has 0 N–H and O–H groups in total. The van der Waals surface area contributed by atoms with E-state index in [4.69, 9.17) is 4.74 Å². The van der Waals surface area contributed by atoms with Crippen molar-refractivity contribution in [1.82, 2.24) is 9.88 Å². The van der Waals surface area contributed by atoms with Crippen molar-refractivity contribution in [2.24, 2.45) is 0 Å². The molecule has 0 aromatic carbocycles. The standard InChI is InChI=1S/C14H19FN2O2/c1-11-10-17(6-2-8-19-11)7-5-14(18)13-4-3-12(15)9-16-13/h3-4,9,11H,2,5-8,10H2,1H3. The number of nitrogens with zero attached hydrogens (tertiary/aromatic N) is 2. The second kappa shape index (κ2) is 6.73. The molecule has 0 aliphatic carbocycles. The van der Waals surface area contributed by atoms with E-state index in [9.17, 15) is 9.18 Å². The number of ether oxygens (including phenoxy) is 1. The molecule has 0 saturated carbocycles. The highest BCUT2D eigenvalue weighted by Crippen LogP contribution is 2.08. The zero-order valence-corrected chi connectivity index (χ0v) is 11.1. The SMILES string of the molecule is CC1CN(CCC(=O)c2ccc(F)cn2)CCCO1. The highest BCUT2D eigenvalue weighted by Gasteiger charge is 2.16. The fourth-order valence-electron chi connectivity index (χ4n) is 2.21. The summed E-state index contributed by atoms with van der Waals surface area (Å²) >= 11 is 0. The Morgan fingerprint density at radius 1 is 1.58 bits per heavy atom. The number of carbonyl (C=O) groups is 1. The van der Waals surface area contributed by atoms with E-state index in [0.29, 0.717) is 18.7 Å². The third-order valence-corrected chi connectivity index (χ3v) is 3.20. The van der Waals surface area contributed by atoms with Crippen LogP contribution in [-0.4, -0.2) is 48.0 Å². The number of carbonyl (C=O) groups excluding carboxylic acids is 1. The number of rotatable bonds is 4. The van der Waals surface area contributed by atoms with E-state index in [2.05, 4.69) is 9.88 Å². The molecule has 1 fully saturated rings. The van der Waals surface area contributed by atoms with Crippen molar-refractivity contribution in [2.75, 3.05) is 26.2 Å². The summed E-state index contributed by atoms with van der Waals surface area (Å²) < 4.78 is 18.3. The van der Waals surface area contributed by atoms with Crippen molar-refractivity contribution in [1.29, 1.82) is 0 Å². The van der Waals surface area contributed by atoms with Crippen LogP contribution in [0.2, 0.25) is 0 Å². The first kappa shape index (κ1) is 14.1. The Kier molecular flexibility index (Phi) is 4.99. The molecule has 0 radical (unpaired) electrons. The highest BCUT2D eigenvalue weighted by molar-refractivity contribution is 5.94. The second-order valence-corrected chi connectivity index (χ2v) is 4.87. The first-order valence-electron chi connectivity index (χ1n) is 6.64. The van der Waals surface area contributed by atoms with Crippen LogP contribution in [0, 0.1) is 5.82 Å². The van der Waals surface area contributed by atoms with E-state index in [1.165, 1.54) is 12.1 Å². The van der Waals surface area contributed by atoms with Gasteiger partial charge in [0.05, 0.1) is 12.3 Å². The average Bonchev–Trinajstić information content (AvgIpc) is 2.61. The summed E-state index contributed by atoms with van der Waals surface area (Å²) in [6.45, 7) is 5.33. The number of aromatic nitrogens is 1. The fraction of sp³-hybridized carbons (Fsp3) is 0.571. The molecule has 1 aromatic rings. The average molecular weight is 266 g/mol. The molecule has 4 nitrogen and oxygen atoms in total. The maximum absolute atomic E-state index is 12.7. The normalized spacial score (nSPS) is 21.1. The molecule has 19 heavy (non-hydrogen) atoms. The first-order valence-corrected chi connectivity index (χ1v) is 6.64. The van der Waals surface area contributed by atoms with Gasteiger partial charge < -0.3 is 9.64 Å². The lowest BCUT2D eigenvalue weighted by molar-refractivity contribution is 0.0667. The van der Waals surface area contributed by atoms with E-state index in [1.54, 1.807) is 0 Å². The minimum atomic E-state index is -0.421. The van der Waals surface area contributed by atoms with Crippen LogP contribution in [0.25, 0.3) is 0 Å². The molecule has 1 unspecified atom stereocenters. The van der Waals surface area contributed by atoms with Gasteiger partial charge in [-0.3, -0.25) is 9.78 Å². The van der Waals surface area contributed by atoms with Crippen LogP contribution in [0.4, 0.5) is 4.39 Å². The van der Waals surface area contributed by atoms with Gasteiger partial charge in [-0.05, 0) is 25.5 Å². The van der Waals surface area contributed by atoms with Gasteiger partial charge in [-0.15, -0.1) is 0 Å². The van der Waals surface area contributed by atoms with Gasteiger partial charge in [-0.25, -0.2) is 4.39 Å². The van der Waals surface area contributed by atoms with Crippen LogP contribution in [0.1, 0.15) is 30.3 Å².